The van der Waals surface area contributed by atoms with E-state index < -0.39 is 17.8 Å². The van der Waals surface area contributed by atoms with Gasteiger partial charge in [0, 0.05) is 0 Å². The topological polar surface area (TPSA) is 35.5 Å². The first-order valence-electron chi connectivity index (χ1n) is 4.56. The zero-order valence-electron chi connectivity index (χ0n) is 8.68. The first-order chi connectivity index (χ1) is 7.88. The largest absolute Gasteiger partial charge is 0.502 e. The average Bonchev–Trinajstić information content (AvgIpc) is 2.25. The van der Waals surface area contributed by atoms with Crippen LogP contribution in [0.3, 0.4) is 0 Å². The molecule has 0 aromatic heterocycles. The van der Waals surface area contributed by atoms with E-state index in [0.29, 0.717) is 0 Å². The summed E-state index contributed by atoms with van der Waals surface area (Å²) in [6.45, 7) is 1.22. The van der Waals surface area contributed by atoms with Crippen LogP contribution in [0.4, 0.5) is 8.78 Å². The summed E-state index contributed by atoms with van der Waals surface area (Å²) in [4.78, 5) is 10.9. The van der Waals surface area contributed by atoms with Crippen LogP contribution in [0.5, 0.6) is 5.75 Å². The molecule has 0 saturated heterocycles. The number of benzene rings is 1. The maximum Gasteiger partial charge on any atom is 0.502 e. The molecule has 0 atom stereocenters. The van der Waals surface area contributed by atoms with E-state index in [1.807, 2.05) is 0 Å². The van der Waals surface area contributed by atoms with Crippen molar-refractivity contribution in [2.45, 2.75) is 13.0 Å². The normalized spacial score (nSPS) is 11.1. The van der Waals surface area contributed by atoms with Crippen molar-refractivity contribution in [3.8, 4) is 5.75 Å². The van der Waals surface area contributed by atoms with E-state index in [0.717, 1.165) is 0 Å². The first-order valence-corrected chi connectivity index (χ1v) is 5.32. The number of carbonyl (C=O) groups is 1. The molecule has 1 aromatic carbocycles. The van der Waals surface area contributed by atoms with E-state index in [2.05, 4.69) is 9.47 Å². The Kier molecular flexibility index (Phi) is 4.54. The van der Waals surface area contributed by atoms with Gasteiger partial charge in [0.1, 0.15) is 10.8 Å². The van der Waals surface area contributed by atoms with Gasteiger partial charge in [-0.2, -0.15) is 8.78 Å². The second kappa shape index (κ2) is 5.51. The Morgan fingerprint density at radius 2 is 2.06 bits per heavy atom. The molecule has 0 heterocycles. The fourth-order valence-corrected chi connectivity index (χ4v) is 1.29. The number of rotatable bonds is 4. The molecule has 0 N–H and O–H groups in total. The van der Waals surface area contributed by atoms with Gasteiger partial charge in [-0.1, -0.05) is 29.3 Å². The fraction of sp³-hybridized carbons (Fsp3) is 0.300. The highest BCUT2D eigenvalue weighted by molar-refractivity contribution is 6.42. The Labute approximate surface area is 106 Å². The lowest BCUT2D eigenvalue weighted by molar-refractivity contribution is -0.216. The molecule has 0 aliphatic carbocycles. The molecule has 0 bridgehead atoms. The zero-order chi connectivity index (χ0) is 13.1. The van der Waals surface area contributed by atoms with Gasteiger partial charge in [-0.3, -0.25) is 0 Å². The van der Waals surface area contributed by atoms with E-state index in [4.69, 9.17) is 23.2 Å². The van der Waals surface area contributed by atoms with Gasteiger partial charge in [-0.15, -0.1) is 0 Å². The van der Waals surface area contributed by atoms with Crippen molar-refractivity contribution in [2.75, 3.05) is 6.61 Å². The maximum absolute atomic E-state index is 13.2. The second-order valence-electron chi connectivity index (χ2n) is 2.89. The maximum atomic E-state index is 13.2. The summed E-state index contributed by atoms with van der Waals surface area (Å²) in [7, 11) is 0. The molecule has 0 saturated carbocycles. The molecule has 7 heteroatoms. The molecule has 0 amide bonds. The lowest BCUT2D eigenvalue weighted by Crippen LogP contribution is -2.37. The van der Waals surface area contributed by atoms with Crippen molar-refractivity contribution in [2.24, 2.45) is 0 Å². The highest BCUT2D eigenvalue weighted by Crippen LogP contribution is 2.34. The Morgan fingerprint density at radius 3 is 2.65 bits per heavy atom. The molecule has 0 unspecified atom stereocenters. The van der Waals surface area contributed by atoms with Gasteiger partial charge in [0.05, 0.1) is 11.6 Å². The van der Waals surface area contributed by atoms with Gasteiger partial charge in [0.15, 0.2) is 0 Å². The van der Waals surface area contributed by atoms with Gasteiger partial charge in [0.25, 0.3) is 0 Å². The number of alkyl halides is 2. The Bertz CT molecular complexity index is 424. The van der Waals surface area contributed by atoms with Gasteiger partial charge < -0.3 is 9.47 Å². The lowest BCUT2D eigenvalue weighted by atomic mass is 10.3. The van der Waals surface area contributed by atoms with Crippen LogP contribution >= 0.6 is 23.2 Å². The zero-order valence-corrected chi connectivity index (χ0v) is 10.2. The molecule has 0 fully saturated rings. The molecule has 17 heavy (non-hydrogen) atoms. The number of hydrogen-bond donors (Lipinski definition) is 0. The van der Waals surface area contributed by atoms with Gasteiger partial charge in [-0.25, -0.2) is 4.79 Å². The van der Waals surface area contributed by atoms with Gasteiger partial charge >= 0.3 is 12.1 Å². The van der Waals surface area contributed by atoms with Crippen molar-refractivity contribution in [3.63, 3.8) is 0 Å². The monoisotopic (exact) mass is 284 g/mol. The number of esters is 1. The van der Waals surface area contributed by atoms with Crippen molar-refractivity contribution in [1.82, 2.24) is 0 Å². The quantitative estimate of drug-likeness (QED) is 0.794. The predicted molar refractivity (Wildman–Crippen MR) is 58.7 cm³/mol. The summed E-state index contributed by atoms with van der Waals surface area (Å²) in [5.74, 6) is -2.17. The van der Waals surface area contributed by atoms with Crippen molar-refractivity contribution in [1.29, 1.82) is 0 Å². The SMILES string of the molecule is CCOC(=O)C(F)(F)Oc1cccc(Cl)c1Cl. The van der Waals surface area contributed by atoms with Crippen LogP contribution in [0, 0.1) is 0 Å². The summed E-state index contributed by atoms with van der Waals surface area (Å²) in [6.07, 6.45) is -4.11. The van der Waals surface area contributed by atoms with Crippen LogP contribution in [-0.2, 0) is 9.53 Å². The van der Waals surface area contributed by atoms with Crippen LogP contribution in [0.1, 0.15) is 6.92 Å². The summed E-state index contributed by atoms with van der Waals surface area (Å²) in [5, 5.41) is -0.151. The van der Waals surface area contributed by atoms with Crippen molar-refractivity contribution < 1.29 is 23.0 Å². The van der Waals surface area contributed by atoms with Crippen LogP contribution in [-0.4, -0.2) is 18.7 Å². The Hall–Kier alpha value is -1.07. The smallest absolute Gasteiger partial charge is 0.459 e. The molecule has 3 nitrogen and oxygen atoms in total. The highest BCUT2D eigenvalue weighted by Gasteiger charge is 2.44. The predicted octanol–water partition coefficient (Wildman–Crippen LogP) is 3.53. The minimum atomic E-state index is -4.11. The lowest BCUT2D eigenvalue weighted by Gasteiger charge is -2.16. The minimum Gasteiger partial charge on any atom is -0.459 e. The second-order valence-corrected chi connectivity index (χ2v) is 3.68. The summed E-state index contributed by atoms with van der Waals surface area (Å²) in [6, 6.07) is 3.94. The molecule has 1 aromatic rings. The van der Waals surface area contributed by atoms with E-state index >= 15 is 0 Å². The average molecular weight is 285 g/mol. The first kappa shape index (κ1) is 14.0. The number of carbonyl (C=O) groups excluding carboxylic acids is 1. The van der Waals surface area contributed by atoms with Crippen LogP contribution in [0.25, 0.3) is 0 Å². The Morgan fingerprint density at radius 1 is 1.41 bits per heavy atom. The third-order valence-corrected chi connectivity index (χ3v) is 2.47. The van der Waals surface area contributed by atoms with E-state index in [1.54, 1.807) is 0 Å². The number of ether oxygens (including phenoxy) is 2. The number of halogens is 4. The standard InChI is InChI=1S/C10H8Cl2F2O3/c1-2-16-9(15)10(13,14)17-7-5-3-4-6(11)8(7)12/h3-5H,2H2,1H3. The van der Waals surface area contributed by atoms with E-state index in [-0.39, 0.29) is 16.7 Å². The molecule has 0 aliphatic rings. The van der Waals surface area contributed by atoms with Crippen LogP contribution in [0.15, 0.2) is 18.2 Å². The van der Waals surface area contributed by atoms with Crippen LogP contribution in [0.2, 0.25) is 10.0 Å². The van der Waals surface area contributed by atoms with Crippen molar-refractivity contribution in [3.05, 3.63) is 28.2 Å². The highest BCUT2D eigenvalue weighted by atomic mass is 35.5. The summed E-state index contributed by atoms with van der Waals surface area (Å²) in [5.41, 5.74) is 0. The van der Waals surface area contributed by atoms with Crippen molar-refractivity contribution >= 4 is 29.2 Å². The summed E-state index contributed by atoms with van der Waals surface area (Å²) >= 11 is 11.2. The summed E-state index contributed by atoms with van der Waals surface area (Å²) < 4.78 is 34.8. The molecule has 0 spiro atoms. The minimum absolute atomic E-state index is 0.0452. The molecular formula is C10H8Cl2F2O3. The molecule has 0 radical (unpaired) electrons. The van der Waals surface area contributed by atoms with E-state index in [1.165, 1.54) is 25.1 Å². The van der Waals surface area contributed by atoms with E-state index in [9.17, 15) is 13.6 Å². The van der Waals surface area contributed by atoms with Gasteiger partial charge in [0.2, 0.25) is 0 Å². The fourth-order valence-electron chi connectivity index (χ4n) is 0.958. The number of hydrogen-bond acceptors (Lipinski definition) is 3. The molecule has 1 rings (SSSR count). The third kappa shape index (κ3) is 3.44. The van der Waals surface area contributed by atoms with Gasteiger partial charge in [-0.05, 0) is 19.1 Å². The molecule has 0 aliphatic heterocycles. The third-order valence-electron chi connectivity index (χ3n) is 1.67. The van der Waals surface area contributed by atoms with Crippen LogP contribution < -0.4 is 4.74 Å². The Balaban J connectivity index is 2.90. The molecular weight excluding hydrogens is 277 g/mol. The molecule has 94 valence electrons.